The average Bonchev–Trinajstić information content (AvgIpc) is 3.24. The van der Waals surface area contributed by atoms with E-state index in [1.54, 1.807) is 4.90 Å². The van der Waals surface area contributed by atoms with E-state index in [2.05, 4.69) is 4.98 Å². The van der Waals surface area contributed by atoms with Crippen LogP contribution < -0.4 is 0 Å². The second-order valence-electron chi connectivity index (χ2n) is 8.49. The maximum absolute atomic E-state index is 13.2. The Morgan fingerprint density at radius 2 is 1.81 bits per heavy atom. The number of pyridine rings is 1. The van der Waals surface area contributed by atoms with E-state index in [1.807, 2.05) is 85.9 Å². The zero-order chi connectivity index (χ0) is 23.0. The van der Waals surface area contributed by atoms with Crippen molar-refractivity contribution in [1.82, 2.24) is 19.2 Å². The monoisotopic (exact) mass is 432 g/mol. The van der Waals surface area contributed by atoms with Crippen molar-refractivity contribution in [3.63, 3.8) is 0 Å². The largest absolute Gasteiger partial charge is 0.505 e. The Hall–Kier alpha value is -3.45. The minimum Gasteiger partial charge on any atom is -0.505 e. The quantitative estimate of drug-likeness (QED) is 0.367. The highest BCUT2D eigenvalue weighted by Crippen LogP contribution is 2.39. The molecule has 1 unspecified atom stereocenters. The van der Waals surface area contributed by atoms with E-state index < -0.39 is 17.7 Å². The van der Waals surface area contributed by atoms with E-state index >= 15 is 0 Å². The van der Waals surface area contributed by atoms with Gasteiger partial charge in [-0.05, 0) is 58.1 Å². The molecule has 1 aliphatic rings. The predicted molar refractivity (Wildman–Crippen MR) is 123 cm³/mol. The van der Waals surface area contributed by atoms with E-state index in [9.17, 15) is 14.7 Å². The van der Waals surface area contributed by atoms with Gasteiger partial charge in [0.2, 0.25) is 0 Å². The van der Waals surface area contributed by atoms with Gasteiger partial charge in [0.05, 0.1) is 17.3 Å². The molecule has 1 fully saturated rings. The summed E-state index contributed by atoms with van der Waals surface area (Å²) >= 11 is 0. The molecule has 1 N–H and O–H groups in total. The van der Waals surface area contributed by atoms with Crippen LogP contribution in [0.3, 0.4) is 0 Å². The van der Waals surface area contributed by atoms with Crippen molar-refractivity contribution >= 4 is 23.1 Å². The molecule has 0 aliphatic carbocycles. The number of fused-ring (bicyclic) bond motifs is 1. The number of aliphatic hydroxyl groups is 1. The standard InChI is InChI=1S/C25H28N4O3/c1-16-10-8-14-28-17(2)20(26-24(16)28)22(30)19-21(18-11-6-5-7-12-18)29(25(32)23(19)31)15-9-13-27(3)4/h5-8,10-12,14,21,30H,9,13,15H2,1-4H3/b22-19+. The van der Waals surface area contributed by atoms with Crippen LogP contribution in [-0.2, 0) is 9.59 Å². The Labute approximate surface area is 187 Å². The van der Waals surface area contributed by atoms with Gasteiger partial charge in [0, 0.05) is 12.7 Å². The molecule has 7 heteroatoms. The molecule has 0 radical (unpaired) electrons. The second-order valence-corrected chi connectivity index (χ2v) is 8.49. The Balaban J connectivity index is 1.86. The Morgan fingerprint density at radius 3 is 2.47 bits per heavy atom. The fourth-order valence-corrected chi connectivity index (χ4v) is 4.32. The van der Waals surface area contributed by atoms with Crippen molar-refractivity contribution in [2.75, 3.05) is 27.2 Å². The smallest absolute Gasteiger partial charge is 0.295 e. The van der Waals surface area contributed by atoms with Gasteiger partial charge >= 0.3 is 0 Å². The number of imidazole rings is 1. The first-order valence-corrected chi connectivity index (χ1v) is 10.7. The number of hydrogen-bond acceptors (Lipinski definition) is 5. The summed E-state index contributed by atoms with van der Waals surface area (Å²) in [7, 11) is 3.94. The van der Waals surface area contributed by atoms with Gasteiger partial charge in [-0.1, -0.05) is 36.4 Å². The minimum absolute atomic E-state index is 0.0928. The highest BCUT2D eigenvalue weighted by molar-refractivity contribution is 6.46. The SMILES string of the molecule is Cc1cccn2c(C)c(/C(O)=C3\C(=O)C(=O)N(CCCN(C)C)C3c3ccccc3)nc12. The molecular weight excluding hydrogens is 404 g/mol. The molecule has 4 rings (SSSR count). The summed E-state index contributed by atoms with van der Waals surface area (Å²) in [5.74, 6) is -1.49. The second kappa shape index (κ2) is 8.59. The molecule has 0 spiro atoms. The topological polar surface area (TPSA) is 78.2 Å². The fourth-order valence-electron chi connectivity index (χ4n) is 4.32. The van der Waals surface area contributed by atoms with Crippen LogP contribution in [0.1, 0.15) is 35.0 Å². The molecule has 3 heterocycles. The average molecular weight is 433 g/mol. The molecule has 32 heavy (non-hydrogen) atoms. The van der Waals surface area contributed by atoms with E-state index in [0.717, 1.165) is 24.1 Å². The minimum atomic E-state index is -0.672. The first-order chi connectivity index (χ1) is 15.3. The third-order valence-corrected chi connectivity index (χ3v) is 5.97. The predicted octanol–water partition coefficient (Wildman–Crippen LogP) is 3.32. The first-order valence-electron chi connectivity index (χ1n) is 10.7. The maximum Gasteiger partial charge on any atom is 0.295 e. The molecule has 3 aromatic rings. The number of rotatable bonds is 6. The third kappa shape index (κ3) is 3.69. The van der Waals surface area contributed by atoms with Gasteiger partial charge in [0.15, 0.2) is 5.76 Å². The number of Topliss-reactive ketones (excluding diaryl/α,β-unsaturated/α-hetero) is 1. The van der Waals surface area contributed by atoms with Crippen LogP contribution in [0, 0.1) is 13.8 Å². The van der Waals surface area contributed by atoms with Crippen molar-refractivity contribution in [3.05, 3.63) is 76.7 Å². The van der Waals surface area contributed by atoms with Crippen molar-refractivity contribution < 1.29 is 14.7 Å². The van der Waals surface area contributed by atoms with Gasteiger partial charge in [-0.25, -0.2) is 4.98 Å². The molecule has 0 saturated carbocycles. The lowest BCUT2D eigenvalue weighted by atomic mass is 9.96. The highest BCUT2D eigenvalue weighted by atomic mass is 16.3. The van der Waals surface area contributed by atoms with E-state index in [4.69, 9.17) is 0 Å². The maximum atomic E-state index is 13.2. The van der Waals surface area contributed by atoms with Gasteiger partial charge in [0.25, 0.3) is 11.7 Å². The third-order valence-electron chi connectivity index (χ3n) is 5.97. The Bertz CT molecular complexity index is 1210. The first kappa shape index (κ1) is 21.8. The number of hydrogen-bond donors (Lipinski definition) is 1. The van der Waals surface area contributed by atoms with Gasteiger partial charge in [0.1, 0.15) is 11.3 Å². The summed E-state index contributed by atoms with van der Waals surface area (Å²) in [5.41, 5.74) is 3.59. The molecule has 0 bridgehead atoms. The number of nitrogens with zero attached hydrogens (tertiary/aromatic N) is 4. The Kier molecular flexibility index (Phi) is 5.84. The van der Waals surface area contributed by atoms with Crippen molar-refractivity contribution in [2.45, 2.75) is 26.3 Å². The number of benzene rings is 1. The summed E-state index contributed by atoms with van der Waals surface area (Å²) in [6.45, 7) is 5.00. The van der Waals surface area contributed by atoms with Crippen LogP contribution >= 0.6 is 0 Å². The number of ketones is 1. The normalized spacial score (nSPS) is 18.3. The number of aromatic nitrogens is 2. The fraction of sp³-hybridized carbons (Fsp3) is 0.320. The van der Waals surface area contributed by atoms with E-state index in [1.165, 1.54) is 0 Å². The molecule has 2 aromatic heterocycles. The number of aliphatic hydroxyl groups excluding tert-OH is 1. The molecule has 166 valence electrons. The summed E-state index contributed by atoms with van der Waals surface area (Å²) < 4.78 is 1.88. The van der Waals surface area contributed by atoms with Crippen LogP contribution in [0.15, 0.2) is 54.2 Å². The number of carbonyl (C=O) groups is 2. The van der Waals surface area contributed by atoms with Crippen molar-refractivity contribution in [3.8, 4) is 0 Å². The van der Waals surface area contributed by atoms with Gasteiger partial charge in [-0.15, -0.1) is 0 Å². The molecule has 1 aliphatic heterocycles. The summed E-state index contributed by atoms with van der Waals surface area (Å²) in [5, 5.41) is 11.3. The molecule has 1 amide bonds. The number of aryl methyl sites for hydroxylation is 2. The highest BCUT2D eigenvalue weighted by Gasteiger charge is 2.46. The van der Waals surface area contributed by atoms with Gasteiger partial charge in [-0.2, -0.15) is 0 Å². The lowest BCUT2D eigenvalue weighted by Gasteiger charge is -2.25. The number of amides is 1. The van der Waals surface area contributed by atoms with Crippen LogP contribution in [0.25, 0.3) is 11.4 Å². The summed E-state index contributed by atoms with van der Waals surface area (Å²) in [4.78, 5) is 34.4. The lowest BCUT2D eigenvalue weighted by Crippen LogP contribution is -2.32. The van der Waals surface area contributed by atoms with Crippen LogP contribution in [0.5, 0.6) is 0 Å². The van der Waals surface area contributed by atoms with Crippen LogP contribution in [0.2, 0.25) is 0 Å². The molecule has 1 atom stereocenters. The van der Waals surface area contributed by atoms with E-state index in [0.29, 0.717) is 23.6 Å². The van der Waals surface area contributed by atoms with Crippen LogP contribution in [0.4, 0.5) is 0 Å². The van der Waals surface area contributed by atoms with Crippen LogP contribution in [-0.4, -0.2) is 63.2 Å². The number of likely N-dealkylation sites (tertiary alicyclic amines) is 1. The van der Waals surface area contributed by atoms with Gasteiger partial charge < -0.3 is 19.3 Å². The van der Waals surface area contributed by atoms with E-state index in [-0.39, 0.29) is 11.3 Å². The van der Waals surface area contributed by atoms with Gasteiger partial charge in [-0.3, -0.25) is 9.59 Å². The zero-order valence-electron chi connectivity index (χ0n) is 18.9. The molecule has 1 aromatic carbocycles. The zero-order valence-corrected chi connectivity index (χ0v) is 18.9. The molecule has 1 saturated heterocycles. The number of carbonyl (C=O) groups excluding carboxylic acids is 2. The molecular formula is C25H28N4O3. The Morgan fingerprint density at radius 1 is 1.09 bits per heavy atom. The van der Waals surface area contributed by atoms with Crippen molar-refractivity contribution in [1.29, 1.82) is 0 Å². The summed E-state index contributed by atoms with van der Waals surface area (Å²) in [6, 6.07) is 12.6. The lowest BCUT2D eigenvalue weighted by molar-refractivity contribution is -0.139. The van der Waals surface area contributed by atoms with Crippen molar-refractivity contribution in [2.24, 2.45) is 0 Å². The summed E-state index contributed by atoms with van der Waals surface area (Å²) in [6.07, 6.45) is 2.59. The molecule has 7 nitrogen and oxygen atoms in total.